The first-order valence-electron chi connectivity index (χ1n) is 19.5. The van der Waals surface area contributed by atoms with Crippen molar-refractivity contribution in [2.45, 2.75) is 26.2 Å². The predicted octanol–water partition coefficient (Wildman–Crippen LogP) is 15.8. The van der Waals surface area contributed by atoms with Crippen LogP contribution < -0.4 is 0 Å². The smallest absolute Gasteiger partial charge is 0.0541 e. The molecular formula is C54H39NS. The largest absolute Gasteiger partial charge is 0.309 e. The average Bonchev–Trinajstić information content (AvgIpc) is 3.78. The van der Waals surface area contributed by atoms with Gasteiger partial charge in [-0.1, -0.05) is 160 Å². The van der Waals surface area contributed by atoms with E-state index >= 15 is 0 Å². The molecule has 9 aromatic carbocycles. The Morgan fingerprint density at radius 2 is 0.982 bits per heavy atom. The molecule has 0 atom stereocenters. The van der Waals surface area contributed by atoms with Gasteiger partial charge in [-0.05, 0) is 108 Å². The van der Waals surface area contributed by atoms with Gasteiger partial charge in [0.1, 0.15) is 0 Å². The fraction of sp³-hybridized carbons (Fsp3) is 0.0741. The normalized spacial score (nSPS) is 12.2. The second kappa shape index (κ2) is 12.5. The lowest BCUT2D eigenvalue weighted by Crippen LogP contribution is -2.10. The van der Waals surface area contributed by atoms with E-state index in [1.165, 1.54) is 102 Å². The summed E-state index contributed by atoms with van der Waals surface area (Å²) in [7, 11) is 0. The summed E-state index contributed by atoms with van der Waals surface area (Å²) in [6.07, 6.45) is 0. The average molecular weight is 734 g/mol. The maximum atomic E-state index is 2.45. The molecule has 0 aliphatic rings. The fourth-order valence-corrected chi connectivity index (χ4v) is 10.3. The molecular weight excluding hydrogens is 695 g/mol. The van der Waals surface area contributed by atoms with Gasteiger partial charge in [0, 0.05) is 36.6 Å². The number of hydrogen-bond donors (Lipinski definition) is 0. The third-order valence-electron chi connectivity index (χ3n) is 11.8. The van der Waals surface area contributed by atoms with Crippen molar-refractivity contribution in [3.8, 4) is 39.1 Å². The zero-order chi connectivity index (χ0) is 37.5. The van der Waals surface area contributed by atoms with Crippen LogP contribution in [0.1, 0.15) is 26.3 Å². The number of fused-ring (bicyclic) bond motifs is 8. The second-order valence-corrected chi connectivity index (χ2v) is 17.1. The molecule has 0 saturated carbocycles. The third-order valence-corrected chi connectivity index (χ3v) is 13.0. The summed E-state index contributed by atoms with van der Waals surface area (Å²) in [5, 5.41) is 10.3. The molecule has 0 fully saturated rings. The second-order valence-electron chi connectivity index (χ2n) is 16.1. The van der Waals surface area contributed by atoms with E-state index in [4.69, 9.17) is 0 Å². The Bertz CT molecular complexity index is 3320. The molecule has 11 aromatic rings. The number of rotatable bonds is 4. The Hall–Kier alpha value is -6.48. The monoisotopic (exact) mass is 733 g/mol. The highest BCUT2D eigenvalue weighted by molar-refractivity contribution is 7.26. The quantitative estimate of drug-likeness (QED) is 0.159. The van der Waals surface area contributed by atoms with Crippen LogP contribution in [-0.4, -0.2) is 4.57 Å². The molecule has 0 aliphatic heterocycles. The van der Waals surface area contributed by atoms with Gasteiger partial charge in [-0.2, -0.15) is 0 Å². The highest BCUT2D eigenvalue weighted by atomic mass is 32.1. The Balaban J connectivity index is 1.10. The lowest BCUT2D eigenvalue weighted by molar-refractivity contribution is 0.591. The number of benzene rings is 9. The topological polar surface area (TPSA) is 4.93 Å². The van der Waals surface area contributed by atoms with Gasteiger partial charge in [-0.15, -0.1) is 11.3 Å². The molecule has 0 bridgehead atoms. The van der Waals surface area contributed by atoms with Gasteiger partial charge in [0.15, 0.2) is 0 Å². The van der Waals surface area contributed by atoms with Crippen LogP contribution in [0, 0.1) is 0 Å². The first kappa shape index (κ1) is 32.9. The minimum absolute atomic E-state index is 0.0225. The predicted molar refractivity (Wildman–Crippen MR) is 244 cm³/mol. The minimum Gasteiger partial charge on any atom is -0.309 e. The summed E-state index contributed by atoms with van der Waals surface area (Å²) in [5.74, 6) is 0. The van der Waals surface area contributed by atoms with Crippen LogP contribution in [0.15, 0.2) is 182 Å². The van der Waals surface area contributed by atoms with Crippen LogP contribution in [-0.2, 0) is 5.41 Å². The van der Waals surface area contributed by atoms with Crippen molar-refractivity contribution in [1.29, 1.82) is 0 Å². The van der Waals surface area contributed by atoms with E-state index in [-0.39, 0.29) is 5.41 Å². The Morgan fingerprint density at radius 1 is 0.393 bits per heavy atom. The summed E-state index contributed by atoms with van der Waals surface area (Å²) < 4.78 is 5.11. The molecule has 0 aliphatic carbocycles. The van der Waals surface area contributed by atoms with Crippen LogP contribution >= 0.6 is 11.3 Å². The van der Waals surface area contributed by atoms with E-state index in [1.54, 1.807) is 0 Å². The number of hydrogen-bond acceptors (Lipinski definition) is 1. The first-order valence-corrected chi connectivity index (χ1v) is 20.3. The van der Waals surface area contributed by atoms with Gasteiger partial charge in [0.25, 0.3) is 0 Å². The summed E-state index contributed by atoms with van der Waals surface area (Å²) in [6.45, 7) is 6.92. The maximum Gasteiger partial charge on any atom is 0.0541 e. The molecule has 266 valence electrons. The minimum atomic E-state index is 0.0225. The molecule has 0 spiro atoms. The Kier molecular flexibility index (Phi) is 7.36. The van der Waals surface area contributed by atoms with E-state index in [0.717, 1.165) is 5.69 Å². The number of nitrogens with zero attached hydrogens (tertiary/aromatic N) is 1. The van der Waals surface area contributed by atoms with Crippen LogP contribution in [0.3, 0.4) is 0 Å². The van der Waals surface area contributed by atoms with Crippen molar-refractivity contribution >= 4 is 74.9 Å². The highest BCUT2D eigenvalue weighted by Gasteiger charge is 2.21. The van der Waals surface area contributed by atoms with Crippen molar-refractivity contribution in [2.75, 3.05) is 0 Å². The third kappa shape index (κ3) is 5.06. The van der Waals surface area contributed by atoms with Gasteiger partial charge >= 0.3 is 0 Å². The Morgan fingerprint density at radius 3 is 1.75 bits per heavy atom. The van der Waals surface area contributed by atoms with Crippen LogP contribution in [0.2, 0.25) is 0 Å². The molecule has 11 rings (SSSR count). The fourth-order valence-electron chi connectivity index (χ4n) is 9.04. The summed E-state index contributed by atoms with van der Waals surface area (Å²) in [5.41, 5.74) is 12.5. The van der Waals surface area contributed by atoms with E-state index in [2.05, 4.69) is 207 Å². The van der Waals surface area contributed by atoms with Gasteiger partial charge in [0.2, 0.25) is 0 Å². The summed E-state index contributed by atoms with van der Waals surface area (Å²) >= 11 is 1.89. The van der Waals surface area contributed by atoms with E-state index in [9.17, 15) is 0 Å². The van der Waals surface area contributed by atoms with Gasteiger partial charge in [-0.3, -0.25) is 0 Å². The molecule has 1 nitrogen and oxygen atoms in total. The van der Waals surface area contributed by atoms with Crippen molar-refractivity contribution in [1.82, 2.24) is 4.57 Å². The molecule has 2 heterocycles. The SMILES string of the molecule is CC(C)(C)c1ccc2c(-c3ccccc3)c3ccccc3c(-c3ccc(-n4c5ccccc5c5cc(-c6cccc7c6sc6ccccc67)ccc54)cc3)c2c1. The van der Waals surface area contributed by atoms with E-state index in [0.29, 0.717) is 0 Å². The maximum absolute atomic E-state index is 2.45. The molecule has 0 N–H and O–H groups in total. The lowest BCUT2D eigenvalue weighted by atomic mass is 9.81. The van der Waals surface area contributed by atoms with E-state index < -0.39 is 0 Å². The molecule has 2 aromatic heterocycles. The molecule has 2 heteroatoms. The van der Waals surface area contributed by atoms with Crippen molar-refractivity contribution in [3.05, 3.63) is 188 Å². The number of para-hydroxylation sites is 1. The van der Waals surface area contributed by atoms with Crippen LogP contribution in [0.5, 0.6) is 0 Å². The molecule has 56 heavy (non-hydrogen) atoms. The molecule has 0 unspecified atom stereocenters. The van der Waals surface area contributed by atoms with Crippen molar-refractivity contribution < 1.29 is 0 Å². The standard InChI is InChI=1S/C54H39NS/c1-54(2,3)37-27-30-44-47(33-37)52(43-19-8-7-18-42(43)51(44)34-14-5-4-6-15-34)35-24-28-38(29-25-35)55-48-22-11-9-16-40(48)46-32-36(26-31-49(46)55)39-20-13-21-45-41-17-10-12-23-50(41)56-53(39)45/h4-33H,1-3H3. The van der Waals surface area contributed by atoms with Gasteiger partial charge in [0.05, 0.1) is 11.0 Å². The summed E-state index contributed by atoms with van der Waals surface area (Å²) in [4.78, 5) is 0. The van der Waals surface area contributed by atoms with Gasteiger partial charge < -0.3 is 4.57 Å². The zero-order valence-corrected chi connectivity index (χ0v) is 32.5. The number of aromatic nitrogens is 1. The van der Waals surface area contributed by atoms with Crippen molar-refractivity contribution in [2.24, 2.45) is 0 Å². The van der Waals surface area contributed by atoms with Crippen molar-refractivity contribution in [3.63, 3.8) is 0 Å². The Labute approximate surface area is 330 Å². The summed E-state index contributed by atoms with van der Waals surface area (Å²) in [6, 6.07) is 67.6. The highest BCUT2D eigenvalue weighted by Crippen LogP contribution is 2.46. The molecule has 0 saturated heterocycles. The zero-order valence-electron chi connectivity index (χ0n) is 31.7. The van der Waals surface area contributed by atoms with Gasteiger partial charge in [-0.25, -0.2) is 0 Å². The van der Waals surface area contributed by atoms with E-state index in [1.807, 2.05) is 11.3 Å². The number of thiophene rings is 1. The molecule has 0 amide bonds. The molecule has 0 radical (unpaired) electrons. The first-order chi connectivity index (χ1) is 27.4. The van der Waals surface area contributed by atoms with Crippen LogP contribution in [0.4, 0.5) is 0 Å². The van der Waals surface area contributed by atoms with Crippen LogP contribution in [0.25, 0.3) is 103 Å². The lowest BCUT2D eigenvalue weighted by Gasteiger charge is -2.23.